The van der Waals surface area contributed by atoms with Gasteiger partial charge in [-0.25, -0.2) is 4.98 Å². The summed E-state index contributed by atoms with van der Waals surface area (Å²) in [5.41, 5.74) is 2.05. The van der Waals surface area contributed by atoms with Crippen LogP contribution in [0, 0.1) is 0 Å². The number of benzene rings is 2. The minimum absolute atomic E-state index is 0.0910. The van der Waals surface area contributed by atoms with Gasteiger partial charge in [-0.3, -0.25) is 4.79 Å². The second-order valence-corrected chi connectivity index (χ2v) is 9.81. The lowest BCUT2D eigenvalue weighted by molar-refractivity contribution is 0.0588. The second-order valence-electron chi connectivity index (χ2n) is 9.81. The van der Waals surface area contributed by atoms with E-state index in [4.69, 9.17) is 9.40 Å². The maximum absolute atomic E-state index is 12.2. The summed E-state index contributed by atoms with van der Waals surface area (Å²) in [6.07, 6.45) is 2.82. The van der Waals surface area contributed by atoms with E-state index in [9.17, 15) is 9.90 Å². The Morgan fingerprint density at radius 1 is 1.11 bits per heavy atom. The fourth-order valence-corrected chi connectivity index (χ4v) is 4.33. The normalized spacial score (nSPS) is 15.2. The van der Waals surface area contributed by atoms with Crippen molar-refractivity contribution < 1.29 is 14.3 Å². The third-order valence-electron chi connectivity index (χ3n) is 6.12. The van der Waals surface area contributed by atoms with Crippen molar-refractivity contribution in [3.8, 4) is 11.5 Å². The van der Waals surface area contributed by atoms with Crippen LogP contribution in [-0.4, -0.2) is 36.8 Å². The molecular formula is C26H27N7O3. The van der Waals surface area contributed by atoms with Gasteiger partial charge in [0.25, 0.3) is 11.8 Å². The third kappa shape index (κ3) is 4.50. The molecule has 4 aromatic rings. The minimum Gasteiger partial charge on any atom is -0.423 e. The van der Waals surface area contributed by atoms with Gasteiger partial charge < -0.3 is 25.5 Å². The zero-order valence-electron chi connectivity index (χ0n) is 20.4. The SMILES string of the molecule is CC1(C)NC(=O)c2ccc(Nc3ncc(-c4nnco4)c(N[C@@H](c4ccccc4)C(C)(C)O)n3)cc21. The van der Waals surface area contributed by atoms with Gasteiger partial charge in [-0.05, 0) is 57.0 Å². The fraction of sp³-hybridized carbons (Fsp3) is 0.269. The summed E-state index contributed by atoms with van der Waals surface area (Å²) >= 11 is 0. The number of carbonyl (C=O) groups excluding carboxylic acids is 1. The highest BCUT2D eigenvalue weighted by Gasteiger charge is 2.35. The lowest BCUT2D eigenvalue weighted by atomic mass is 9.91. The first-order valence-electron chi connectivity index (χ1n) is 11.5. The molecule has 1 atom stereocenters. The first kappa shape index (κ1) is 23.4. The molecule has 184 valence electrons. The van der Waals surface area contributed by atoms with E-state index >= 15 is 0 Å². The van der Waals surface area contributed by atoms with Gasteiger partial charge in [0.05, 0.1) is 22.7 Å². The van der Waals surface area contributed by atoms with Gasteiger partial charge in [0, 0.05) is 17.4 Å². The van der Waals surface area contributed by atoms with Crippen LogP contribution in [0.1, 0.15) is 55.2 Å². The number of carbonyl (C=O) groups is 1. The molecule has 0 unspecified atom stereocenters. The Hall–Kier alpha value is -4.31. The number of rotatable bonds is 7. The summed E-state index contributed by atoms with van der Waals surface area (Å²) < 4.78 is 5.41. The van der Waals surface area contributed by atoms with E-state index in [-0.39, 0.29) is 11.8 Å². The average Bonchev–Trinajstić information content (AvgIpc) is 3.44. The van der Waals surface area contributed by atoms with Crippen LogP contribution in [0.4, 0.5) is 17.5 Å². The number of nitrogens with zero attached hydrogens (tertiary/aromatic N) is 4. The van der Waals surface area contributed by atoms with Crippen molar-refractivity contribution in [3.63, 3.8) is 0 Å². The first-order chi connectivity index (χ1) is 17.1. The zero-order chi connectivity index (χ0) is 25.5. The number of hydrogen-bond donors (Lipinski definition) is 4. The molecule has 3 heterocycles. The van der Waals surface area contributed by atoms with Crippen molar-refractivity contribution in [2.75, 3.05) is 10.6 Å². The molecule has 0 bridgehead atoms. The van der Waals surface area contributed by atoms with E-state index in [0.717, 1.165) is 16.8 Å². The Labute approximate surface area is 208 Å². The summed E-state index contributed by atoms with van der Waals surface area (Å²) in [6, 6.07) is 14.6. The number of amides is 1. The van der Waals surface area contributed by atoms with Gasteiger partial charge in [0.1, 0.15) is 5.82 Å². The molecule has 0 aliphatic carbocycles. The Balaban J connectivity index is 1.52. The van der Waals surface area contributed by atoms with Crippen molar-refractivity contribution in [2.45, 2.75) is 44.9 Å². The molecule has 2 aromatic heterocycles. The van der Waals surface area contributed by atoms with Crippen LogP contribution >= 0.6 is 0 Å². The fourth-order valence-electron chi connectivity index (χ4n) is 4.33. The van der Waals surface area contributed by atoms with E-state index in [1.54, 1.807) is 26.1 Å². The largest absolute Gasteiger partial charge is 0.423 e. The smallest absolute Gasteiger partial charge is 0.252 e. The number of aliphatic hydroxyl groups is 1. The van der Waals surface area contributed by atoms with E-state index in [0.29, 0.717) is 22.9 Å². The number of nitrogens with one attached hydrogen (secondary N) is 3. The first-order valence-corrected chi connectivity index (χ1v) is 11.5. The molecule has 0 spiro atoms. The van der Waals surface area contributed by atoms with Crippen LogP contribution in [-0.2, 0) is 5.54 Å². The minimum atomic E-state index is -1.13. The van der Waals surface area contributed by atoms with Crippen molar-refractivity contribution in [3.05, 3.63) is 77.8 Å². The standard InChI is InChI=1S/C26H27N7O3/c1-25(2)19-12-16(10-11-17(19)22(34)32-25)29-24-27-13-18(23-33-28-14-36-23)21(31-24)30-20(26(3,4)35)15-8-6-5-7-9-15/h5-14,20,35H,1-4H3,(H,32,34)(H2,27,29,30,31)/t20-/m0/s1. The Kier molecular flexibility index (Phi) is 5.68. The molecule has 4 N–H and O–H groups in total. The van der Waals surface area contributed by atoms with Gasteiger partial charge in [0.2, 0.25) is 12.3 Å². The Morgan fingerprint density at radius 2 is 1.89 bits per heavy atom. The van der Waals surface area contributed by atoms with E-state index in [1.165, 1.54) is 6.39 Å². The predicted molar refractivity (Wildman–Crippen MR) is 135 cm³/mol. The van der Waals surface area contributed by atoms with Crippen LogP contribution in [0.2, 0.25) is 0 Å². The molecule has 10 heteroatoms. The summed E-state index contributed by atoms with van der Waals surface area (Å²) in [5.74, 6) is 0.881. The highest BCUT2D eigenvalue weighted by atomic mass is 16.4. The molecule has 0 saturated carbocycles. The molecular weight excluding hydrogens is 458 g/mol. The summed E-state index contributed by atoms with van der Waals surface area (Å²) in [4.78, 5) is 21.4. The van der Waals surface area contributed by atoms with E-state index in [1.807, 2.05) is 56.3 Å². The lowest BCUT2D eigenvalue weighted by Crippen LogP contribution is -2.34. The maximum Gasteiger partial charge on any atom is 0.252 e. The molecule has 1 aliphatic rings. The highest BCUT2D eigenvalue weighted by Crippen LogP contribution is 2.35. The molecule has 36 heavy (non-hydrogen) atoms. The summed E-state index contributed by atoms with van der Waals surface area (Å²) in [6.45, 7) is 7.37. The number of aromatic nitrogens is 4. The molecule has 1 aliphatic heterocycles. The van der Waals surface area contributed by atoms with Crippen LogP contribution in [0.25, 0.3) is 11.5 Å². The van der Waals surface area contributed by atoms with Crippen LogP contribution in [0.5, 0.6) is 0 Å². The van der Waals surface area contributed by atoms with Gasteiger partial charge >= 0.3 is 0 Å². The van der Waals surface area contributed by atoms with Crippen molar-refractivity contribution in [1.82, 2.24) is 25.5 Å². The van der Waals surface area contributed by atoms with Crippen molar-refractivity contribution in [1.29, 1.82) is 0 Å². The molecule has 0 saturated heterocycles. The molecule has 1 amide bonds. The average molecular weight is 486 g/mol. The molecule has 5 rings (SSSR count). The molecule has 0 fully saturated rings. The van der Waals surface area contributed by atoms with Crippen LogP contribution in [0.15, 0.2) is 65.5 Å². The van der Waals surface area contributed by atoms with Crippen molar-refractivity contribution in [2.24, 2.45) is 0 Å². The number of fused-ring (bicyclic) bond motifs is 1. The van der Waals surface area contributed by atoms with E-state index in [2.05, 4.69) is 31.1 Å². The maximum atomic E-state index is 12.2. The van der Waals surface area contributed by atoms with Crippen molar-refractivity contribution >= 4 is 23.4 Å². The van der Waals surface area contributed by atoms with Crippen LogP contribution < -0.4 is 16.0 Å². The Bertz CT molecular complexity index is 1400. The topological polar surface area (TPSA) is 138 Å². The molecule has 0 radical (unpaired) electrons. The summed E-state index contributed by atoms with van der Waals surface area (Å²) in [5, 5.41) is 28.3. The lowest BCUT2D eigenvalue weighted by Gasteiger charge is -2.31. The molecule has 10 nitrogen and oxygen atoms in total. The zero-order valence-corrected chi connectivity index (χ0v) is 20.4. The third-order valence-corrected chi connectivity index (χ3v) is 6.12. The quantitative estimate of drug-likeness (QED) is 0.304. The van der Waals surface area contributed by atoms with Gasteiger partial charge in [-0.15, -0.1) is 10.2 Å². The molecule has 2 aromatic carbocycles. The van der Waals surface area contributed by atoms with E-state index < -0.39 is 17.2 Å². The monoisotopic (exact) mass is 485 g/mol. The number of anilines is 3. The second kappa shape index (κ2) is 8.72. The number of hydrogen-bond acceptors (Lipinski definition) is 9. The van der Waals surface area contributed by atoms with Gasteiger partial charge in [-0.2, -0.15) is 4.98 Å². The highest BCUT2D eigenvalue weighted by molar-refractivity contribution is 6.00. The summed E-state index contributed by atoms with van der Waals surface area (Å²) in [7, 11) is 0. The Morgan fingerprint density at radius 3 is 2.58 bits per heavy atom. The van der Waals surface area contributed by atoms with Crippen LogP contribution in [0.3, 0.4) is 0 Å². The van der Waals surface area contributed by atoms with Gasteiger partial charge in [-0.1, -0.05) is 30.3 Å². The van der Waals surface area contributed by atoms with Gasteiger partial charge in [0.15, 0.2) is 0 Å². The predicted octanol–water partition coefficient (Wildman–Crippen LogP) is 4.17.